The first-order chi connectivity index (χ1) is 13.7. The summed E-state index contributed by atoms with van der Waals surface area (Å²) in [7, 11) is 0. The van der Waals surface area contributed by atoms with Crippen LogP contribution in [-0.4, -0.2) is 27.6 Å². The number of carbonyl (C=O) groups is 3. The first kappa shape index (κ1) is 22.1. The summed E-state index contributed by atoms with van der Waals surface area (Å²) in [6.07, 6.45) is 0. The van der Waals surface area contributed by atoms with Crippen molar-refractivity contribution >= 4 is 17.3 Å². The minimum atomic E-state index is -1.24. The molecule has 0 unspecified atom stereocenters. The van der Waals surface area contributed by atoms with Crippen LogP contribution in [0.25, 0.3) is 0 Å². The number of phenols is 2. The van der Waals surface area contributed by atoms with Crippen LogP contribution in [0, 0.1) is 22.7 Å². The normalized spacial score (nSPS) is 22.1. The Kier molecular flexibility index (Phi) is 4.92. The lowest BCUT2D eigenvalue weighted by molar-refractivity contribution is -0.144. The van der Waals surface area contributed by atoms with E-state index in [1.54, 1.807) is 41.5 Å². The highest BCUT2D eigenvalue weighted by Gasteiger charge is 2.58. The van der Waals surface area contributed by atoms with Gasteiger partial charge < -0.3 is 14.9 Å². The monoisotopic (exact) mass is 414 g/mol. The quantitative estimate of drug-likeness (QED) is 0.557. The Morgan fingerprint density at radius 2 is 1.57 bits per heavy atom. The molecule has 2 aliphatic rings. The largest absolute Gasteiger partial charge is 0.507 e. The van der Waals surface area contributed by atoms with Crippen molar-refractivity contribution in [2.24, 2.45) is 22.7 Å². The van der Waals surface area contributed by atoms with Crippen molar-refractivity contribution < 1.29 is 29.3 Å². The molecule has 1 aliphatic heterocycles. The van der Waals surface area contributed by atoms with Crippen LogP contribution in [0.2, 0.25) is 0 Å². The summed E-state index contributed by atoms with van der Waals surface area (Å²) in [5, 5.41) is 21.2. The number of benzene rings is 1. The zero-order valence-corrected chi connectivity index (χ0v) is 18.8. The molecule has 0 spiro atoms. The number of hydrogen-bond donors (Lipinski definition) is 2. The van der Waals surface area contributed by atoms with Gasteiger partial charge in [-0.3, -0.25) is 14.4 Å². The van der Waals surface area contributed by atoms with E-state index in [9.17, 15) is 24.6 Å². The summed E-state index contributed by atoms with van der Waals surface area (Å²) in [6.45, 7) is 13.8. The number of rotatable bonds is 3. The highest BCUT2D eigenvalue weighted by atomic mass is 16.5. The lowest BCUT2D eigenvalue weighted by atomic mass is 9.59. The van der Waals surface area contributed by atoms with E-state index in [4.69, 9.17) is 4.74 Å². The zero-order valence-electron chi connectivity index (χ0n) is 18.8. The summed E-state index contributed by atoms with van der Waals surface area (Å²) < 4.78 is 6.13. The summed E-state index contributed by atoms with van der Waals surface area (Å²) in [5.41, 5.74) is -1.72. The van der Waals surface area contributed by atoms with Gasteiger partial charge in [0.2, 0.25) is 0 Å². The Morgan fingerprint density at radius 1 is 1.00 bits per heavy atom. The minimum Gasteiger partial charge on any atom is -0.507 e. The molecule has 1 heterocycles. The van der Waals surface area contributed by atoms with Crippen molar-refractivity contribution in [2.75, 3.05) is 0 Å². The third-order valence-electron chi connectivity index (χ3n) is 6.30. The van der Waals surface area contributed by atoms with E-state index in [2.05, 4.69) is 0 Å². The Balaban J connectivity index is 2.44. The third kappa shape index (κ3) is 2.80. The molecule has 0 aromatic heterocycles. The molecule has 1 aromatic carbocycles. The van der Waals surface area contributed by atoms with Crippen LogP contribution >= 0.6 is 0 Å². The predicted molar refractivity (Wildman–Crippen MR) is 112 cm³/mol. The molecule has 3 rings (SSSR count). The molecule has 1 atom stereocenters. The smallest absolute Gasteiger partial charge is 0.175 e. The van der Waals surface area contributed by atoms with Crippen LogP contribution in [0.3, 0.4) is 0 Å². The fourth-order valence-electron chi connectivity index (χ4n) is 4.72. The molecular weight excluding hydrogens is 384 g/mol. The number of fused-ring (bicyclic) bond motifs is 1. The maximum Gasteiger partial charge on any atom is 0.175 e. The van der Waals surface area contributed by atoms with E-state index >= 15 is 0 Å². The van der Waals surface area contributed by atoms with Crippen LogP contribution in [-0.2, 0) is 9.59 Å². The van der Waals surface area contributed by atoms with Crippen molar-refractivity contribution in [3.63, 3.8) is 0 Å². The van der Waals surface area contributed by atoms with E-state index < -0.39 is 22.7 Å². The maximum atomic E-state index is 13.5. The fourth-order valence-corrected chi connectivity index (χ4v) is 4.72. The molecule has 0 amide bonds. The number of allylic oxidation sites excluding steroid dienone is 2. The molecule has 0 bridgehead atoms. The molecule has 0 radical (unpaired) electrons. The van der Waals surface area contributed by atoms with Gasteiger partial charge in [0.05, 0.1) is 10.8 Å². The zero-order chi connectivity index (χ0) is 22.9. The molecule has 2 N–H and O–H groups in total. The number of phenolic OH excluding ortho intramolecular Hbond substituents is 2. The average Bonchev–Trinajstić information content (AvgIpc) is 2.63. The van der Waals surface area contributed by atoms with Crippen LogP contribution in [0.4, 0.5) is 0 Å². The van der Waals surface area contributed by atoms with Gasteiger partial charge in [-0.2, -0.15) is 0 Å². The average molecular weight is 414 g/mol. The molecule has 1 aliphatic carbocycles. The lowest BCUT2D eigenvalue weighted by Gasteiger charge is -2.45. The number of ketones is 3. The molecule has 0 saturated carbocycles. The second kappa shape index (κ2) is 6.69. The summed E-state index contributed by atoms with van der Waals surface area (Å²) in [4.78, 5) is 39.5. The van der Waals surface area contributed by atoms with Gasteiger partial charge in [0.1, 0.15) is 28.6 Å². The maximum absolute atomic E-state index is 13.5. The first-order valence-electron chi connectivity index (χ1n) is 10.3. The minimum absolute atomic E-state index is 0.0319. The van der Waals surface area contributed by atoms with Crippen LogP contribution in [0.1, 0.15) is 77.2 Å². The van der Waals surface area contributed by atoms with Gasteiger partial charge >= 0.3 is 0 Å². The highest BCUT2D eigenvalue weighted by Crippen LogP contribution is 2.58. The van der Waals surface area contributed by atoms with E-state index in [1.165, 1.54) is 0 Å². The summed E-state index contributed by atoms with van der Waals surface area (Å²) >= 11 is 0. The topological polar surface area (TPSA) is 101 Å². The van der Waals surface area contributed by atoms with Crippen molar-refractivity contribution in [3.8, 4) is 17.2 Å². The molecule has 6 heteroatoms. The Bertz CT molecular complexity index is 1010. The molecule has 1 aromatic rings. The summed E-state index contributed by atoms with van der Waals surface area (Å²) in [6, 6.07) is 1.13. The lowest BCUT2D eigenvalue weighted by Crippen LogP contribution is -2.52. The van der Waals surface area contributed by atoms with Gasteiger partial charge in [-0.1, -0.05) is 27.7 Å². The van der Waals surface area contributed by atoms with Gasteiger partial charge in [-0.25, -0.2) is 0 Å². The van der Waals surface area contributed by atoms with E-state index in [1.807, 2.05) is 13.8 Å². The number of Topliss-reactive ketones (excluding diaryl/α,β-unsaturated/α-hetero) is 3. The van der Waals surface area contributed by atoms with Gasteiger partial charge in [-0.15, -0.1) is 0 Å². The highest BCUT2D eigenvalue weighted by molar-refractivity contribution is 6.20. The van der Waals surface area contributed by atoms with Gasteiger partial charge in [-0.05, 0) is 33.6 Å². The fraction of sp³-hybridized carbons (Fsp3) is 0.542. The number of aromatic hydroxyl groups is 2. The second-order valence-electron chi connectivity index (χ2n) is 10.0. The van der Waals surface area contributed by atoms with Gasteiger partial charge in [0, 0.05) is 29.0 Å². The van der Waals surface area contributed by atoms with Crippen LogP contribution in [0.5, 0.6) is 17.2 Å². The van der Waals surface area contributed by atoms with Crippen molar-refractivity contribution in [2.45, 2.75) is 61.3 Å². The van der Waals surface area contributed by atoms with E-state index in [0.29, 0.717) is 11.1 Å². The van der Waals surface area contributed by atoms with Crippen LogP contribution in [0.15, 0.2) is 17.4 Å². The van der Waals surface area contributed by atoms with E-state index in [0.717, 1.165) is 6.07 Å². The molecule has 30 heavy (non-hydrogen) atoms. The van der Waals surface area contributed by atoms with Crippen molar-refractivity contribution in [1.82, 2.24) is 0 Å². The second-order valence-corrected chi connectivity index (χ2v) is 10.0. The Morgan fingerprint density at radius 3 is 2.07 bits per heavy atom. The first-order valence-corrected chi connectivity index (χ1v) is 10.3. The molecular formula is C24H30O6. The van der Waals surface area contributed by atoms with E-state index in [-0.39, 0.29) is 51.8 Å². The van der Waals surface area contributed by atoms with Gasteiger partial charge in [0.25, 0.3) is 0 Å². The van der Waals surface area contributed by atoms with Crippen molar-refractivity contribution in [3.05, 3.63) is 28.5 Å². The molecule has 6 nitrogen and oxygen atoms in total. The number of ether oxygens (including phenoxy) is 1. The summed E-state index contributed by atoms with van der Waals surface area (Å²) in [5.74, 6) is -2.49. The molecule has 0 fully saturated rings. The number of carbonyl (C=O) groups excluding carboxylic acids is 3. The SMILES string of the molecule is CC(C)C(=O)c1c(O)cc(O)c2c1OC1=C(C(=O)C(C)(C)C(=O)C1(C)C)[C@@H]2C(C)C. The Labute approximate surface area is 176 Å². The number of hydrogen-bond acceptors (Lipinski definition) is 6. The third-order valence-corrected chi connectivity index (χ3v) is 6.30. The van der Waals surface area contributed by atoms with Crippen molar-refractivity contribution in [1.29, 1.82) is 0 Å². The molecule has 162 valence electrons. The molecule has 0 saturated heterocycles. The Hall–Kier alpha value is -2.63. The predicted octanol–water partition coefficient (Wildman–Crippen LogP) is 4.53. The van der Waals surface area contributed by atoms with Crippen LogP contribution < -0.4 is 4.74 Å². The van der Waals surface area contributed by atoms with Gasteiger partial charge in [0.15, 0.2) is 17.3 Å². The standard InChI is InChI=1S/C24H30O6/c1-10(2)14-15-12(25)9-13(26)16(18(27)11(3)4)19(15)30-21-17(14)20(28)23(5,6)22(29)24(21,7)8/h9-11,14,25-26H,1-8H3/t14-/m1/s1.